The summed E-state index contributed by atoms with van der Waals surface area (Å²) in [5.74, 6) is 2.58. The van der Waals surface area contributed by atoms with Gasteiger partial charge in [0.1, 0.15) is 23.7 Å². The van der Waals surface area contributed by atoms with Gasteiger partial charge in [0.15, 0.2) is 0 Å². The van der Waals surface area contributed by atoms with Gasteiger partial charge in [-0.05, 0) is 95.4 Å². The van der Waals surface area contributed by atoms with Gasteiger partial charge in [0.2, 0.25) is 11.8 Å². The molecule has 14 heteroatoms. The second-order valence-corrected chi connectivity index (χ2v) is 18.5. The van der Waals surface area contributed by atoms with Crippen molar-refractivity contribution >= 4 is 24.0 Å². The number of fused-ring (bicyclic) bond motifs is 5. The van der Waals surface area contributed by atoms with Gasteiger partial charge in [0.05, 0.1) is 50.1 Å². The minimum Gasteiger partial charge on any atom is -0.453 e. The van der Waals surface area contributed by atoms with E-state index in [1.165, 1.54) is 49.3 Å². The van der Waals surface area contributed by atoms with E-state index >= 15 is 0 Å². The van der Waals surface area contributed by atoms with Gasteiger partial charge in [-0.15, -0.1) is 0 Å². The molecule has 4 amide bonds. The summed E-state index contributed by atoms with van der Waals surface area (Å²) in [4.78, 5) is 72.5. The van der Waals surface area contributed by atoms with Gasteiger partial charge in [0.25, 0.3) is 0 Å². The van der Waals surface area contributed by atoms with Crippen LogP contribution in [-0.2, 0) is 19.1 Å². The Hall–Kier alpha value is -5.66. The maximum atomic E-state index is 13.9. The van der Waals surface area contributed by atoms with E-state index in [2.05, 4.69) is 70.8 Å². The Morgan fingerprint density at radius 2 is 1.08 bits per heavy atom. The minimum atomic E-state index is -0.698. The van der Waals surface area contributed by atoms with Crippen molar-refractivity contribution in [3.63, 3.8) is 0 Å². The number of aromatic nitrogens is 4. The summed E-state index contributed by atoms with van der Waals surface area (Å²) in [6.45, 7) is 13.1. The van der Waals surface area contributed by atoms with Gasteiger partial charge in [-0.3, -0.25) is 9.59 Å². The molecular weight excluding hydrogens is 773 g/mol. The summed E-state index contributed by atoms with van der Waals surface area (Å²) < 4.78 is 9.64. The first kappa shape index (κ1) is 42.0. The number of likely N-dealkylation sites (tertiary alicyclic amines) is 2. The lowest BCUT2D eigenvalue weighted by Crippen LogP contribution is -2.51. The molecular formula is C47H60N8O6. The molecule has 3 unspecified atom stereocenters. The molecule has 0 radical (unpaired) electrons. The molecule has 324 valence electrons. The summed E-state index contributed by atoms with van der Waals surface area (Å²) in [6.07, 6.45) is 7.59. The fourth-order valence-corrected chi connectivity index (χ4v) is 10.5. The number of imidazole rings is 2. The molecule has 1 saturated carbocycles. The van der Waals surface area contributed by atoms with Crippen molar-refractivity contribution in [2.24, 2.45) is 23.7 Å². The second kappa shape index (κ2) is 17.0. The van der Waals surface area contributed by atoms with E-state index in [4.69, 9.17) is 19.4 Å². The van der Waals surface area contributed by atoms with Crippen LogP contribution in [0.2, 0.25) is 0 Å². The first-order chi connectivity index (χ1) is 29.3. The van der Waals surface area contributed by atoms with Crippen molar-refractivity contribution in [3.8, 4) is 33.6 Å². The van der Waals surface area contributed by atoms with Gasteiger partial charge in [0, 0.05) is 18.7 Å². The Kier molecular flexibility index (Phi) is 11.7. The van der Waals surface area contributed by atoms with Crippen molar-refractivity contribution in [3.05, 3.63) is 71.6 Å². The van der Waals surface area contributed by atoms with Crippen LogP contribution in [0.5, 0.6) is 0 Å². The third-order valence-corrected chi connectivity index (χ3v) is 13.5. The molecule has 8 rings (SSSR count). The first-order valence-electron chi connectivity index (χ1n) is 21.9. The zero-order chi connectivity index (χ0) is 43.3. The van der Waals surface area contributed by atoms with E-state index in [0.717, 1.165) is 53.4 Å². The largest absolute Gasteiger partial charge is 0.453 e. The predicted molar refractivity (Wildman–Crippen MR) is 231 cm³/mol. The van der Waals surface area contributed by atoms with Crippen LogP contribution in [0.4, 0.5) is 9.59 Å². The molecule has 2 aliphatic carbocycles. The summed E-state index contributed by atoms with van der Waals surface area (Å²) in [5.41, 5.74) is 9.30. The number of aromatic amines is 2. The highest BCUT2D eigenvalue weighted by molar-refractivity contribution is 5.87. The topological polar surface area (TPSA) is 175 Å². The van der Waals surface area contributed by atoms with E-state index in [0.29, 0.717) is 24.9 Å². The molecule has 2 aromatic carbocycles. The number of hydrogen-bond acceptors (Lipinski definition) is 8. The number of ether oxygens (including phenoxy) is 2. The van der Waals surface area contributed by atoms with E-state index < -0.39 is 24.3 Å². The second-order valence-electron chi connectivity index (χ2n) is 18.5. The average molecular weight is 833 g/mol. The van der Waals surface area contributed by atoms with E-state index in [1.54, 1.807) is 0 Å². The molecule has 4 aliphatic rings. The number of carbonyl (C=O) groups is 4. The predicted octanol–water partition coefficient (Wildman–Crippen LogP) is 8.08. The third kappa shape index (κ3) is 8.01. The standard InChI is InChI=1S/C47H60N8O6/c1-24(2)40(52-46(58)60-7)44(56)54-22-26(5)17-36(54)42-48-20-34(50-42)29-11-9-28(10-12-29)32-15-16-33(39-31-14-13-30(19-31)38(32)39)35-21-49-43(51-35)37-18-27(6)23-55(37)45(57)41(25(3)4)53-47(59)61-8/h9-12,15-16,20-21,24-27,30-31,36-37,40-41H,13-14,17-19,22-23H2,1-8H3,(H,48,50)(H,49,51)(H,52,58)(H,53,59)/t26-,27-,30?,31?,36-,37-,40?,41-/m0/s1. The first-order valence-corrected chi connectivity index (χ1v) is 21.9. The monoisotopic (exact) mass is 832 g/mol. The highest BCUT2D eigenvalue weighted by atomic mass is 16.5. The zero-order valence-electron chi connectivity index (χ0n) is 36.6. The van der Waals surface area contributed by atoms with Crippen LogP contribution in [-0.4, -0.2) is 93.1 Å². The minimum absolute atomic E-state index is 0.111. The van der Waals surface area contributed by atoms with Crippen molar-refractivity contribution in [2.75, 3.05) is 27.3 Å². The maximum absolute atomic E-state index is 13.9. The maximum Gasteiger partial charge on any atom is 0.407 e. The molecule has 2 saturated heterocycles. The smallest absolute Gasteiger partial charge is 0.407 e. The van der Waals surface area contributed by atoms with Crippen molar-refractivity contribution in [2.45, 2.75) is 110 Å². The lowest BCUT2D eigenvalue weighted by atomic mass is 9.82. The van der Waals surface area contributed by atoms with Crippen LogP contribution in [0.3, 0.4) is 0 Å². The van der Waals surface area contributed by atoms with Crippen LogP contribution in [0, 0.1) is 23.7 Å². The molecule has 3 fully saturated rings. The normalized spacial score (nSPS) is 24.0. The summed E-state index contributed by atoms with van der Waals surface area (Å²) in [7, 11) is 2.61. The van der Waals surface area contributed by atoms with Crippen LogP contribution in [0.1, 0.15) is 120 Å². The SMILES string of the molecule is COC(=O)NC(C(=O)N1C[C@@H](C)C[C@H]1c1ncc(-c2ccc(-c3ccc(-c4cnc([C@@H]5C[C@H](C)CN5C(=O)[C@@H](NC(=O)OC)C(C)C)[nH]4)c4c3C3CCC4C3)cc2)[nH]1)C(C)C. The molecule has 4 heterocycles. The highest BCUT2D eigenvalue weighted by Crippen LogP contribution is 2.58. The number of amides is 4. The number of rotatable bonds is 11. The van der Waals surface area contributed by atoms with Gasteiger partial charge in [-0.1, -0.05) is 77.9 Å². The number of H-pyrrole nitrogens is 2. The molecule has 61 heavy (non-hydrogen) atoms. The van der Waals surface area contributed by atoms with Gasteiger partial charge in [-0.2, -0.15) is 0 Å². The molecule has 2 aromatic heterocycles. The molecule has 4 aromatic rings. The number of alkyl carbamates (subject to hydrolysis) is 2. The Bertz CT molecular complexity index is 2280. The fourth-order valence-electron chi connectivity index (χ4n) is 10.5. The van der Waals surface area contributed by atoms with Crippen LogP contribution >= 0.6 is 0 Å². The molecule has 4 N–H and O–H groups in total. The number of nitrogens with zero attached hydrogens (tertiary/aromatic N) is 4. The molecule has 14 nitrogen and oxygen atoms in total. The third-order valence-electron chi connectivity index (χ3n) is 13.5. The van der Waals surface area contributed by atoms with Crippen LogP contribution in [0.25, 0.3) is 33.6 Å². The lowest BCUT2D eigenvalue weighted by molar-refractivity contribution is -0.136. The fraction of sp³-hybridized carbons (Fsp3) is 0.532. The number of nitrogens with one attached hydrogen (secondary N) is 4. The van der Waals surface area contributed by atoms with Gasteiger partial charge in [-0.25, -0.2) is 19.6 Å². The van der Waals surface area contributed by atoms with E-state index in [9.17, 15) is 19.2 Å². The quantitative estimate of drug-likeness (QED) is 0.117. The molecule has 2 bridgehead atoms. The Balaban J connectivity index is 1.03. The van der Waals surface area contributed by atoms with Crippen LogP contribution < -0.4 is 10.6 Å². The van der Waals surface area contributed by atoms with Crippen LogP contribution in [0.15, 0.2) is 48.8 Å². The molecule has 8 atom stereocenters. The average Bonchev–Trinajstić information content (AvgIpc) is 4.12. The number of methoxy groups -OCH3 is 2. The molecule has 0 spiro atoms. The van der Waals surface area contributed by atoms with Gasteiger partial charge >= 0.3 is 12.2 Å². The number of carbonyl (C=O) groups excluding carboxylic acids is 4. The van der Waals surface area contributed by atoms with Crippen molar-refractivity contribution in [1.29, 1.82) is 0 Å². The Morgan fingerprint density at radius 1 is 0.639 bits per heavy atom. The summed E-state index contributed by atoms with van der Waals surface area (Å²) in [6, 6.07) is 11.3. The summed E-state index contributed by atoms with van der Waals surface area (Å²) >= 11 is 0. The van der Waals surface area contributed by atoms with Gasteiger partial charge < -0.3 is 39.9 Å². The zero-order valence-corrected chi connectivity index (χ0v) is 36.6. The van der Waals surface area contributed by atoms with E-state index in [-0.39, 0.29) is 47.6 Å². The van der Waals surface area contributed by atoms with E-state index in [1.807, 2.05) is 49.9 Å². The number of benzene rings is 2. The Labute approximate surface area is 358 Å². The van der Waals surface area contributed by atoms with Crippen molar-refractivity contribution in [1.82, 2.24) is 40.4 Å². The summed E-state index contributed by atoms with van der Waals surface area (Å²) in [5, 5.41) is 5.48. The lowest BCUT2D eigenvalue weighted by Gasteiger charge is -2.30. The molecule has 2 aliphatic heterocycles. The highest BCUT2D eigenvalue weighted by Gasteiger charge is 2.43. The Morgan fingerprint density at radius 3 is 1.57 bits per heavy atom. The van der Waals surface area contributed by atoms with Crippen molar-refractivity contribution < 1.29 is 28.7 Å². The number of hydrogen-bond donors (Lipinski definition) is 4.